The number of benzene rings is 1. The number of halogens is 1. The number of anilines is 1. The van der Waals surface area contributed by atoms with Crippen molar-refractivity contribution >= 4 is 35.0 Å². The van der Waals surface area contributed by atoms with Crippen molar-refractivity contribution < 1.29 is 4.79 Å². The summed E-state index contributed by atoms with van der Waals surface area (Å²) in [7, 11) is 0. The summed E-state index contributed by atoms with van der Waals surface area (Å²) in [5.41, 5.74) is 0.717. The minimum atomic E-state index is -0.0358. The van der Waals surface area contributed by atoms with Gasteiger partial charge in [-0.3, -0.25) is 9.89 Å². The van der Waals surface area contributed by atoms with Gasteiger partial charge in [-0.15, -0.1) is 5.10 Å². The molecule has 2 aromatic rings. The zero-order chi connectivity index (χ0) is 16.1. The molecule has 7 heteroatoms. The van der Waals surface area contributed by atoms with Crippen LogP contribution in [0.2, 0.25) is 5.02 Å². The monoisotopic (exact) mass is 350 g/mol. The van der Waals surface area contributed by atoms with Gasteiger partial charge in [-0.2, -0.15) is 0 Å². The molecule has 0 saturated heterocycles. The van der Waals surface area contributed by atoms with Crippen LogP contribution in [0.15, 0.2) is 29.4 Å². The molecule has 1 aromatic carbocycles. The number of amides is 1. The van der Waals surface area contributed by atoms with Crippen LogP contribution in [-0.4, -0.2) is 26.8 Å². The van der Waals surface area contributed by atoms with Gasteiger partial charge in [0.05, 0.1) is 0 Å². The Balaban J connectivity index is 1.43. The number of aromatic amines is 1. The van der Waals surface area contributed by atoms with Crippen molar-refractivity contribution in [1.82, 2.24) is 15.2 Å². The Kier molecular flexibility index (Phi) is 5.56. The molecular weight excluding hydrogens is 332 g/mol. The fraction of sp³-hybridized carbons (Fsp3) is 0.438. The van der Waals surface area contributed by atoms with E-state index in [1.54, 1.807) is 12.1 Å². The van der Waals surface area contributed by atoms with E-state index in [1.807, 2.05) is 12.1 Å². The first-order valence-electron chi connectivity index (χ1n) is 7.81. The summed E-state index contributed by atoms with van der Waals surface area (Å²) in [6, 6.07) is 7.14. The zero-order valence-electron chi connectivity index (χ0n) is 12.7. The molecule has 0 radical (unpaired) electrons. The Morgan fingerprint density at radius 1 is 1.39 bits per heavy atom. The van der Waals surface area contributed by atoms with E-state index in [4.69, 9.17) is 11.6 Å². The van der Waals surface area contributed by atoms with Crippen molar-refractivity contribution in [2.75, 3.05) is 11.1 Å². The number of thioether (sulfide) groups is 1. The number of rotatable bonds is 6. The van der Waals surface area contributed by atoms with Crippen molar-refractivity contribution in [3.63, 3.8) is 0 Å². The SMILES string of the molecule is O=C(CCSc1n[nH]c(C2CCCC2)n1)Nc1cccc(Cl)c1. The molecule has 1 aromatic heterocycles. The standard InChI is InChI=1S/C16H19ClN4OS/c17-12-6-3-7-13(10-12)18-14(22)8-9-23-16-19-15(20-21-16)11-4-1-2-5-11/h3,6-7,10-11H,1-2,4-5,8-9H2,(H,18,22)(H,19,20,21). The topological polar surface area (TPSA) is 70.7 Å². The Labute approximate surface area is 144 Å². The number of hydrogen-bond donors (Lipinski definition) is 2. The molecule has 1 amide bonds. The molecule has 1 heterocycles. The second kappa shape index (κ2) is 7.84. The molecule has 0 bridgehead atoms. The zero-order valence-corrected chi connectivity index (χ0v) is 14.3. The van der Waals surface area contributed by atoms with Gasteiger partial charge in [-0.1, -0.05) is 42.3 Å². The molecule has 1 aliphatic carbocycles. The van der Waals surface area contributed by atoms with E-state index in [0.29, 0.717) is 28.8 Å². The molecule has 0 atom stereocenters. The summed E-state index contributed by atoms with van der Waals surface area (Å²) in [6.45, 7) is 0. The summed E-state index contributed by atoms with van der Waals surface area (Å²) >= 11 is 7.40. The molecule has 0 unspecified atom stereocenters. The maximum absolute atomic E-state index is 11.9. The van der Waals surface area contributed by atoms with Crippen LogP contribution in [0.5, 0.6) is 0 Å². The highest BCUT2D eigenvalue weighted by molar-refractivity contribution is 7.99. The van der Waals surface area contributed by atoms with Crippen LogP contribution in [0.25, 0.3) is 0 Å². The largest absolute Gasteiger partial charge is 0.326 e. The molecule has 1 fully saturated rings. The highest BCUT2D eigenvalue weighted by Crippen LogP contribution is 2.32. The van der Waals surface area contributed by atoms with Crippen LogP contribution >= 0.6 is 23.4 Å². The van der Waals surface area contributed by atoms with Crippen molar-refractivity contribution in [2.24, 2.45) is 0 Å². The average molecular weight is 351 g/mol. The van der Waals surface area contributed by atoms with E-state index in [9.17, 15) is 4.79 Å². The first-order valence-corrected chi connectivity index (χ1v) is 9.17. The number of nitrogens with one attached hydrogen (secondary N) is 2. The first kappa shape index (κ1) is 16.3. The van der Waals surface area contributed by atoms with E-state index in [1.165, 1.54) is 37.4 Å². The van der Waals surface area contributed by atoms with Crippen LogP contribution < -0.4 is 5.32 Å². The second-order valence-corrected chi connectivity index (χ2v) is 7.14. The lowest BCUT2D eigenvalue weighted by Gasteiger charge is -2.04. The molecule has 0 aliphatic heterocycles. The van der Waals surface area contributed by atoms with Gasteiger partial charge in [0.1, 0.15) is 5.82 Å². The molecule has 2 N–H and O–H groups in total. The molecule has 23 heavy (non-hydrogen) atoms. The number of carbonyl (C=O) groups is 1. The van der Waals surface area contributed by atoms with Gasteiger partial charge in [0.15, 0.2) is 0 Å². The lowest BCUT2D eigenvalue weighted by Crippen LogP contribution is -2.12. The maximum atomic E-state index is 11.9. The van der Waals surface area contributed by atoms with E-state index in [0.717, 1.165) is 11.0 Å². The Morgan fingerprint density at radius 2 is 2.22 bits per heavy atom. The quantitative estimate of drug-likeness (QED) is 0.764. The van der Waals surface area contributed by atoms with Gasteiger partial charge in [-0.25, -0.2) is 4.98 Å². The summed E-state index contributed by atoms with van der Waals surface area (Å²) in [5.74, 6) is 2.14. The van der Waals surface area contributed by atoms with Gasteiger partial charge in [0.25, 0.3) is 0 Å². The molecule has 1 aliphatic rings. The second-order valence-electron chi connectivity index (χ2n) is 5.64. The number of aromatic nitrogens is 3. The molecular formula is C16H19ClN4OS. The fourth-order valence-electron chi connectivity index (χ4n) is 2.73. The summed E-state index contributed by atoms with van der Waals surface area (Å²) in [6.07, 6.45) is 5.35. The van der Waals surface area contributed by atoms with Crippen molar-refractivity contribution in [1.29, 1.82) is 0 Å². The van der Waals surface area contributed by atoms with Crippen LogP contribution in [0.4, 0.5) is 5.69 Å². The van der Waals surface area contributed by atoms with Gasteiger partial charge in [0.2, 0.25) is 11.1 Å². The third-order valence-electron chi connectivity index (χ3n) is 3.89. The normalized spacial score (nSPS) is 15.0. The van der Waals surface area contributed by atoms with Crippen molar-refractivity contribution in [3.05, 3.63) is 35.1 Å². The Bertz CT molecular complexity index is 670. The van der Waals surface area contributed by atoms with Crippen LogP contribution in [-0.2, 0) is 4.79 Å². The van der Waals surface area contributed by atoms with Crippen LogP contribution in [0, 0.1) is 0 Å². The average Bonchev–Trinajstić information content (AvgIpc) is 3.18. The first-order chi connectivity index (χ1) is 11.2. The van der Waals surface area contributed by atoms with Crippen LogP contribution in [0.1, 0.15) is 43.8 Å². The van der Waals surface area contributed by atoms with E-state index in [-0.39, 0.29) is 5.91 Å². The third kappa shape index (κ3) is 4.72. The summed E-state index contributed by atoms with van der Waals surface area (Å²) < 4.78 is 0. The Morgan fingerprint density at radius 3 is 3.00 bits per heavy atom. The third-order valence-corrected chi connectivity index (χ3v) is 4.98. The van der Waals surface area contributed by atoms with E-state index < -0.39 is 0 Å². The predicted octanol–water partition coefficient (Wildman–Crippen LogP) is 4.24. The number of carbonyl (C=O) groups excluding carboxylic acids is 1. The molecule has 3 rings (SSSR count). The molecule has 5 nitrogen and oxygen atoms in total. The molecule has 122 valence electrons. The summed E-state index contributed by atoms with van der Waals surface area (Å²) in [4.78, 5) is 16.4. The number of hydrogen-bond acceptors (Lipinski definition) is 4. The lowest BCUT2D eigenvalue weighted by molar-refractivity contribution is -0.115. The Hall–Kier alpha value is -1.53. The van der Waals surface area contributed by atoms with Crippen LogP contribution in [0.3, 0.4) is 0 Å². The molecule has 1 saturated carbocycles. The predicted molar refractivity (Wildman–Crippen MR) is 93.0 cm³/mol. The maximum Gasteiger partial charge on any atom is 0.225 e. The highest BCUT2D eigenvalue weighted by Gasteiger charge is 2.20. The highest BCUT2D eigenvalue weighted by atomic mass is 35.5. The minimum absolute atomic E-state index is 0.0358. The van der Waals surface area contributed by atoms with Gasteiger partial charge >= 0.3 is 0 Å². The van der Waals surface area contributed by atoms with Gasteiger partial charge < -0.3 is 5.32 Å². The fourth-order valence-corrected chi connectivity index (χ4v) is 3.66. The minimum Gasteiger partial charge on any atom is -0.326 e. The van der Waals surface area contributed by atoms with Gasteiger partial charge in [-0.05, 0) is 31.0 Å². The lowest BCUT2D eigenvalue weighted by atomic mass is 10.1. The summed E-state index contributed by atoms with van der Waals surface area (Å²) in [5, 5.41) is 11.4. The van der Waals surface area contributed by atoms with E-state index in [2.05, 4.69) is 20.5 Å². The number of nitrogens with zero attached hydrogens (tertiary/aromatic N) is 2. The molecule has 0 spiro atoms. The van der Waals surface area contributed by atoms with Crippen molar-refractivity contribution in [3.8, 4) is 0 Å². The van der Waals surface area contributed by atoms with Crippen molar-refractivity contribution in [2.45, 2.75) is 43.2 Å². The number of H-pyrrole nitrogens is 1. The van der Waals surface area contributed by atoms with Gasteiger partial charge in [0, 0.05) is 28.8 Å². The van der Waals surface area contributed by atoms with E-state index >= 15 is 0 Å². The smallest absolute Gasteiger partial charge is 0.225 e.